The van der Waals surface area contributed by atoms with Crippen LogP contribution < -0.4 is 4.74 Å². The number of methoxy groups -OCH3 is 1. The van der Waals surface area contributed by atoms with Crippen LogP contribution in [0, 0.1) is 23.7 Å². The fourth-order valence-electron chi connectivity index (χ4n) is 8.04. The van der Waals surface area contributed by atoms with Crippen LogP contribution >= 0.6 is 0 Å². The van der Waals surface area contributed by atoms with Crippen molar-refractivity contribution in [1.29, 1.82) is 0 Å². The summed E-state index contributed by atoms with van der Waals surface area (Å²) in [5, 5.41) is 1.09. The van der Waals surface area contributed by atoms with Crippen molar-refractivity contribution in [3.8, 4) is 17.3 Å². The van der Waals surface area contributed by atoms with Gasteiger partial charge in [0.25, 0.3) is 5.91 Å². The first kappa shape index (κ1) is 24.6. The van der Waals surface area contributed by atoms with Crippen molar-refractivity contribution in [2.24, 2.45) is 30.7 Å². The SMILES string of the molecule is C=CC(=O)N(C)[C@H]1C2C[C@@H]3CN(C(=O)c4cc(OC)c5c(c4)nc(-c4cc6cccnc6n4CC4CC4)n5C)[C@H]1[C@H]23. The van der Waals surface area contributed by atoms with Gasteiger partial charge in [0, 0.05) is 44.3 Å². The van der Waals surface area contributed by atoms with Gasteiger partial charge in [-0.2, -0.15) is 0 Å². The highest BCUT2D eigenvalue weighted by molar-refractivity contribution is 6.00. The molecule has 8 rings (SSSR count). The van der Waals surface area contributed by atoms with Gasteiger partial charge in [-0.1, -0.05) is 6.58 Å². The molecule has 4 aliphatic rings. The standard InChI is InChI=1S/C32H34N6O3/c1-5-25(39)35(2)27-21-11-20-16-38(29(27)26(20)21)32(40)19-12-22-28(24(14-19)41-4)36(3)31(34-22)23-13-18-7-6-10-33-30(18)37(23)15-17-8-9-17/h5-7,10,12-14,17,20-21,26-27,29H,1,8-9,11,15-16H2,2-4H3/t20-,21?,26+,27+,29+/m1/s1. The van der Waals surface area contributed by atoms with E-state index in [0.29, 0.717) is 35.0 Å². The summed E-state index contributed by atoms with van der Waals surface area (Å²) in [5.41, 5.74) is 4.15. The third kappa shape index (κ3) is 3.41. The lowest BCUT2D eigenvalue weighted by atomic mass is 9.50. The molecule has 5 atom stereocenters. The van der Waals surface area contributed by atoms with Crippen molar-refractivity contribution in [2.45, 2.75) is 37.9 Å². The summed E-state index contributed by atoms with van der Waals surface area (Å²) in [7, 11) is 5.48. The van der Waals surface area contributed by atoms with Crippen LogP contribution in [0.3, 0.4) is 0 Å². The molecule has 9 nitrogen and oxygen atoms in total. The number of nitrogens with zero attached hydrogens (tertiary/aromatic N) is 6. The summed E-state index contributed by atoms with van der Waals surface area (Å²) in [6.07, 6.45) is 6.76. The minimum Gasteiger partial charge on any atom is -0.494 e. The van der Waals surface area contributed by atoms with Gasteiger partial charge in [0.2, 0.25) is 5.91 Å². The maximum Gasteiger partial charge on any atom is 0.254 e. The van der Waals surface area contributed by atoms with E-state index in [9.17, 15) is 9.59 Å². The lowest BCUT2D eigenvalue weighted by molar-refractivity contribution is -0.146. The quantitative estimate of drug-likeness (QED) is 0.324. The molecule has 4 fully saturated rings. The third-order valence-electron chi connectivity index (χ3n) is 10.2. The first-order valence-corrected chi connectivity index (χ1v) is 14.6. The second-order valence-corrected chi connectivity index (χ2v) is 12.4. The molecule has 9 heteroatoms. The van der Waals surface area contributed by atoms with Gasteiger partial charge in [-0.3, -0.25) is 9.59 Å². The van der Waals surface area contributed by atoms with Gasteiger partial charge in [0.15, 0.2) is 5.82 Å². The first-order chi connectivity index (χ1) is 19.9. The Labute approximate surface area is 238 Å². The maximum atomic E-state index is 14.1. The molecule has 1 saturated heterocycles. The second-order valence-electron chi connectivity index (χ2n) is 12.4. The van der Waals surface area contributed by atoms with Crippen molar-refractivity contribution >= 4 is 33.9 Å². The lowest BCUT2D eigenvalue weighted by Crippen LogP contribution is -2.70. The smallest absolute Gasteiger partial charge is 0.254 e. The van der Waals surface area contributed by atoms with E-state index in [1.807, 2.05) is 43.4 Å². The Morgan fingerprint density at radius 2 is 2.07 bits per heavy atom. The van der Waals surface area contributed by atoms with Crippen LogP contribution in [-0.4, -0.2) is 73.5 Å². The van der Waals surface area contributed by atoms with Crippen molar-refractivity contribution in [3.63, 3.8) is 0 Å². The molecule has 3 aromatic heterocycles. The van der Waals surface area contributed by atoms with E-state index in [1.165, 1.54) is 18.9 Å². The van der Waals surface area contributed by atoms with E-state index in [4.69, 9.17) is 14.7 Å². The van der Waals surface area contributed by atoms with E-state index in [2.05, 4.69) is 27.8 Å². The van der Waals surface area contributed by atoms with E-state index >= 15 is 0 Å². The predicted octanol–water partition coefficient (Wildman–Crippen LogP) is 4.11. The zero-order valence-corrected chi connectivity index (χ0v) is 23.7. The molecule has 0 spiro atoms. The van der Waals surface area contributed by atoms with Crippen LogP contribution in [0.25, 0.3) is 33.6 Å². The average Bonchev–Trinajstić information content (AvgIpc) is 3.62. The summed E-state index contributed by atoms with van der Waals surface area (Å²) >= 11 is 0. The van der Waals surface area contributed by atoms with E-state index in [0.717, 1.165) is 53.1 Å². The van der Waals surface area contributed by atoms with Gasteiger partial charge < -0.3 is 23.7 Å². The number of likely N-dealkylation sites (tertiary alicyclic amines) is 1. The van der Waals surface area contributed by atoms with Crippen LogP contribution in [0.2, 0.25) is 0 Å². The fourth-order valence-corrected chi connectivity index (χ4v) is 8.04. The number of rotatable bonds is 7. The molecule has 0 radical (unpaired) electrons. The fraction of sp³-hybridized carbons (Fsp3) is 0.438. The van der Waals surface area contributed by atoms with Crippen LogP contribution in [-0.2, 0) is 18.4 Å². The number of carbonyl (C=O) groups excluding carboxylic acids is 2. The monoisotopic (exact) mass is 550 g/mol. The summed E-state index contributed by atoms with van der Waals surface area (Å²) in [6.45, 7) is 5.32. The number of pyridine rings is 1. The van der Waals surface area contributed by atoms with Gasteiger partial charge in [-0.15, -0.1) is 0 Å². The number of likely N-dealkylation sites (N-methyl/N-ethyl adjacent to an activating group) is 1. The summed E-state index contributed by atoms with van der Waals surface area (Å²) in [5.74, 6) is 3.49. The molecule has 2 amide bonds. The van der Waals surface area contributed by atoms with Crippen LogP contribution in [0.1, 0.15) is 29.6 Å². The Balaban J connectivity index is 1.19. The van der Waals surface area contributed by atoms with Gasteiger partial charge in [0.05, 0.1) is 30.4 Å². The van der Waals surface area contributed by atoms with Crippen molar-refractivity contribution in [3.05, 3.63) is 54.7 Å². The van der Waals surface area contributed by atoms with E-state index in [-0.39, 0.29) is 23.9 Å². The Hall–Kier alpha value is -4.14. The number of fused-ring (bicyclic) bond motifs is 2. The molecule has 4 heterocycles. The highest BCUT2D eigenvalue weighted by atomic mass is 16.5. The molecule has 210 valence electrons. The lowest BCUT2D eigenvalue weighted by Gasteiger charge is -2.61. The number of amides is 2. The number of hydrogen-bond acceptors (Lipinski definition) is 5. The summed E-state index contributed by atoms with van der Waals surface area (Å²) in [6, 6.07) is 10.1. The first-order valence-electron chi connectivity index (χ1n) is 14.6. The second kappa shape index (κ2) is 8.68. The average molecular weight is 551 g/mol. The third-order valence-corrected chi connectivity index (χ3v) is 10.2. The number of aryl methyl sites for hydroxylation is 1. The highest BCUT2D eigenvalue weighted by Gasteiger charge is 2.69. The Bertz CT molecular complexity index is 1770. The maximum absolute atomic E-state index is 14.1. The Morgan fingerprint density at radius 3 is 2.83 bits per heavy atom. The molecule has 0 bridgehead atoms. The highest BCUT2D eigenvalue weighted by Crippen LogP contribution is 2.62. The van der Waals surface area contributed by atoms with Gasteiger partial charge in [0.1, 0.15) is 16.9 Å². The number of imidazole rings is 1. The van der Waals surface area contributed by atoms with Crippen molar-refractivity contribution in [2.75, 3.05) is 20.7 Å². The topological polar surface area (TPSA) is 85.5 Å². The molecule has 4 aromatic rings. The van der Waals surface area contributed by atoms with Crippen molar-refractivity contribution in [1.82, 2.24) is 28.9 Å². The van der Waals surface area contributed by atoms with E-state index < -0.39 is 0 Å². The molecular weight excluding hydrogens is 516 g/mol. The minimum absolute atomic E-state index is 0.0215. The van der Waals surface area contributed by atoms with E-state index in [1.54, 1.807) is 12.0 Å². The number of hydrogen-bond donors (Lipinski definition) is 0. The molecule has 1 aromatic carbocycles. The number of benzene rings is 1. The van der Waals surface area contributed by atoms with Crippen molar-refractivity contribution < 1.29 is 14.3 Å². The normalized spacial score (nSPS) is 26.0. The molecular formula is C32H34N6O3. The largest absolute Gasteiger partial charge is 0.494 e. The zero-order chi connectivity index (χ0) is 28.2. The zero-order valence-electron chi connectivity index (χ0n) is 23.7. The molecule has 41 heavy (non-hydrogen) atoms. The molecule has 3 saturated carbocycles. The summed E-state index contributed by atoms with van der Waals surface area (Å²) in [4.78, 5) is 40.1. The predicted molar refractivity (Wildman–Crippen MR) is 155 cm³/mol. The number of ether oxygens (including phenoxy) is 1. The van der Waals surface area contributed by atoms with Gasteiger partial charge >= 0.3 is 0 Å². The summed E-state index contributed by atoms with van der Waals surface area (Å²) < 4.78 is 10.2. The molecule has 3 aliphatic carbocycles. The number of carbonyl (C=O) groups is 2. The van der Waals surface area contributed by atoms with Gasteiger partial charge in [-0.25, -0.2) is 9.97 Å². The Kier molecular flexibility index (Phi) is 5.22. The minimum atomic E-state index is -0.0883. The number of aromatic nitrogens is 4. The van der Waals surface area contributed by atoms with Gasteiger partial charge in [-0.05, 0) is 79.3 Å². The van der Waals surface area contributed by atoms with Crippen LogP contribution in [0.4, 0.5) is 0 Å². The van der Waals surface area contributed by atoms with Crippen LogP contribution in [0.15, 0.2) is 49.2 Å². The molecule has 1 unspecified atom stereocenters. The molecule has 0 N–H and O–H groups in total. The molecule has 1 aliphatic heterocycles. The Morgan fingerprint density at radius 1 is 1.24 bits per heavy atom. The van der Waals surface area contributed by atoms with Crippen LogP contribution in [0.5, 0.6) is 5.75 Å².